The van der Waals surface area contributed by atoms with Crippen LogP contribution in [0.1, 0.15) is 19.3 Å². The van der Waals surface area contributed by atoms with Gasteiger partial charge in [0.25, 0.3) is 0 Å². The van der Waals surface area contributed by atoms with Crippen LogP contribution in [0.2, 0.25) is 0 Å². The Bertz CT molecular complexity index is 465. The summed E-state index contributed by atoms with van der Waals surface area (Å²) >= 11 is 0. The second kappa shape index (κ2) is 4.19. The molecule has 1 aliphatic heterocycles. The van der Waals surface area contributed by atoms with Crippen molar-refractivity contribution < 1.29 is 14.3 Å². The predicted molar refractivity (Wildman–Crippen MR) is 61.6 cm³/mol. The zero-order valence-electron chi connectivity index (χ0n) is 9.79. The molecule has 1 saturated carbocycles. The minimum absolute atomic E-state index is 0.177. The molecule has 6 heteroatoms. The first-order valence-corrected chi connectivity index (χ1v) is 6.14. The number of carbonyl (C=O) groups is 1. The fourth-order valence-corrected chi connectivity index (χ4v) is 3.28. The Kier molecular flexibility index (Phi) is 2.65. The Morgan fingerprint density at radius 2 is 2.11 bits per heavy atom. The van der Waals surface area contributed by atoms with Gasteiger partial charge in [-0.15, -0.1) is 0 Å². The Balaban J connectivity index is 1.91. The van der Waals surface area contributed by atoms with Crippen molar-refractivity contribution in [1.29, 1.82) is 0 Å². The summed E-state index contributed by atoms with van der Waals surface area (Å²) in [5, 5.41) is 9.38. The topological polar surface area (TPSA) is 66.3 Å². The number of rotatable bonds is 2. The minimum atomic E-state index is -0.836. The molecule has 1 aromatic rings. The van der Waals surface area contributed by atoms with Gasteiger partial charge < -0.3 is 10.0 Å². The van der Waals surface area contributed by atoms with Gasteiger partial charge in [0.15, 0.2) is 5.82 Å². The Morgan fingerprint density at radius 1 is 1.39 bits per heavy atom. The van der Waals surface area contributed by atoms with Gasteiger partial charge in [-0.2, -0.15) is 0 Å². The number of anilines is 1. The number of carboxylic acid groups (broad SMARTS) is 1. The first-order valence-electron chi connectivity index (χ1n) is 6.14. The summed E-state index contributed by atoms with van der Waals surface area (Å²) in [6.07, 6.45) is 5.26. The largest absolute Gasteiger partial charge is 0.480 e. The number of fused-ring (bicyclic) bond motifs is 1. The fourth-order valence-electron chi connectivity index (χ4n) is 3.28. The number of halogens is 1. The van der Waals surface area contributed by atoms with Gasteiger partial charge in [0.05, 0.1) is 12.4 Å². The molecule has 1 N–H and O–H groups in total. The predicted octanol–water partition coefficient (Wildman–Crippen LogP) is 1.31. The SMILES string of the molecule is O=C(O)C1C2CCCC2CN1c1ncc(F)cn1. The van der Waals surface area contributed by atoms with E-state index in [9.17, 15) is 14.3 Å². The lowest BCUT2D eigenvalue weighted by molar-refractivity contribution is -0.139. The van der Waals surface area contributed by atoms with E-state index in [1.54, 1.807) is 4.90 Å². The molecule has 0 bridgehead atoms. The third-order valence-corrected chi connectivity index (χ3v) is 4.01. The van der Waals surface area contributed by atoms with Crippen LogP contribution in [0, 0.1) is 17.7 Å². The van der Waals surface area contributed by atoms with Crippen LogP contribution < -0.4 is 4.90 Å². The molecule has 1 aromatic heterocycles. The number of aliphatic carboxylic acids is 1. The monoisotopic (exact) mass is 251 g/mol. The molecule has 2 heterocycles. The van der Waals surface area contributed by atoms with Gasteiger partial charge >= 0.3 is 5.97 Å². The first kappa shape index (κ1) is 11.4. The summed E-state index contributed by atoms with van der Waals surface area (Å²) in [5.74, 6) is -0.448. The van der Waals surface area contributed by atoms with Crippen molar-refractivity contribution in [3.05, 3.63) is 18.2 Å². The van der Waals surface area contributed by atoms with Crippen LogP contribution in [0.25, 0.3) is 0 Å². The molecule has 3 unspecified atom stereocenters. The maximum Gasteiger partial charge on any atom is 0.326 e. The molecule has 0 spiro atoms. The lowest BCUT2D eigenvalue weighted by Gasteiger charge is -2.23. The van der Waals surface area contributed by atoms with E-state index in [1.807, 2.05) is 0 Å². The highest BCUT2D eigenvalue weighted by Crippen LogP contribution is 2.43. The molecule has 0 radical (unpaired) electrons. The Labute approximate surface area is 104 Å². The summed E-state index contributed by atoms with van der Waals surface area (Å²) < 4.78 is 12.8. The van der Waals surface area contributed by atoms with E-state index >= 15 is 0 Å². The molecule has 5 nitrogen and oxygen atoms in total. The standard InChI is InChI=1S/C12H14FN3O2/c13-8-4-14-12(15-5-8)16-6-7-2-1-3-9(7)10(16)11(17)18/h4-5,7,9-10H,1-3,6H2,(H,17,18). The molecule has 3 rings (SSSR count). The summed E-state index contributed by atoms with van der Waals surface area (Å²) in [5.41, 5.74) is 0. The fraction of sp³-hybridized carbons (Fsp3) is 0.583. The molecular weight excluding hydrogens is 237 g/mol. The molecule has 1 aliphatic carbocycles. The molecule has 0 aromatic carbocycles. The van der Waals surface area contributed by atoms with Crippen LogP contribution in [0.15, 0.2) is 12.4 Å². The van der Waals surface area contributed by atoms with E-state index < -0.39 is 17.8 Å². The number of hydrogen-bond acceptors (Lipinski definition) is 4. The third kappa shape index (κ3) is 1.72. The zero-order valence-corrected chi connectivity index (χ0v) is 9.79. The maximum atomic E-state index is 12.8. The lowest BCUT2D eigenvalue weighted by Crippen LogP contribution is -2.40. The van der Waals surface area contributed by atoms with Gasteiger partial charge in [0.1, 0.15) is 6.04 Å². The van der Waals surface area contributed by atoms with Crippen molar-refractivity contribution in [2.24, 2.45) is 11.8 Å². The highest BCUT2D eigenvalue weighted by atomic mass is 19.1. The molecular formula is C12H14FN3O2. The van der Waals surface area contributed by atoms with Gasteiger partial charge in [-0.1, -0.05) is 6.42 Å². The normalized spacial score (nSPS) is 30.5. The maximum absolute atomic E-state index is 12.8. The number of nitrogens with zero attached hydrogens (tertiary/aromatic N) is 3. The summed E-state index contributed by atoms with van der Waals surface area (Å²) in [7, 11) is 0. The van der Waals surface area contributed by atoms with Crippen LogP contribution >= 0.6 is 0 Å². The molecule has 1 saturated heterocycles. The van der Waals surface area contributed by atoms with E-state index in [-0.39, 0.29) is 5.92 Å². The van der Waals surface area contributed by atoms with E-state index in [4.69, 9.17) is 0 Å². The van der Waals surface area contributed by atoms with Crippen molar-refractivity contribution in [2.45, 2.75) is 25.3 Å². The van der Waals surface area contributed by atoms with Crippen LogP contribution in [0.5, 0.6) is 0 Å². The van der Waals surface area contributed by atoms with Gasteiger partial charge in [0.2, 0.25) is 5.95 Å². The van der Waals surface area contributed by atoms with Crippen LogP contribution in [-0.2, 0) is 4.79 Å². The van der Waals surface area contributed by atoms with Crippen molar-refractivity contribution >= 4 is 11.9 Å². The molecule has 2 aliphatic rings. The number of hydrogen-bond donors (Lipinski definition) is 1. The molecule has 2 fully saturated rings. The lowest BCUT2D eigenvalue weighted by atomic mass is 9.94. The molecule has 3 atom stereocenters. The van der Waals surface area contributed by atoms with Crippen molar-refractivity contribution in [3.63, 3.8) is 0 Å². The molecule has 0 amide bonds. The van der Waals surface area contributed by atoms with E-state index in [0.717, 1.165) is 31.7 Å². The van der Waals surface area contributed by atoms with Crippen LogP contribution in [-0.4, -0.2) is 33.6 Å². The first-order chi connectivity index (χ1) is 8.66. The second-order valence-electron chi connectivity index (χ2n) is 4.99. The van der Waals surface area contributed by atoms with Crippen molar-refractivity contribution in [1.82, 2.24) is 9.97 Å². The molecule has 96 valence electrons. The Morgan fingerprint density at radius 3 is 2.78 bits per heavy atom. The second-order valence-corrected chi connectivity index (χ2v) is 4.99. The average molecular weight is 251 g/mol. The van der Waals surface area contributed by atoms with Gasteiger partial charge in [-0.25, -0.2) is 19.2 Å². The minimum Gasteiger partial charge on any atom is -0.480 e. The van der Waals surface area contributed by atoms with Gasteiger partial charge in [-0.3, -0.25) is 0 Å². The van der Waals surface area contributed by atoms with E-state index in [1.165, 1.54) is 0 Å². The van der Waals surface area contributed by atoms with Gasteiger partial charge in [0, 0.05) is 6.54 Å². The van der Waals surface area contributed by atoms with E-state index in [2.05, 4.69) is 9.97 Å². The van der Waals surface area contributed by atoms with Gasteiger partial charge in [-0.05, 0) is 24.7 Å². The Hall–Kier alpha value is -1.72. The van der Waals surface area contributed by atoms with Crippen LogP contribution in [0.4, 0.5) is 10.3 Å². The summed E-state index contributed by atoms with van der Waals surface area (Å²) in [6, 6.07) is -0.567. The smallest absolute Gasteiger partial charge is 0.326 e. The molecule has 18 heavy (non-hydrogen) atoms. The quantitative estimate of drug-likeness (QED) is 0.858. The zero-order chi connectivity index (χ0) is 12.7. The van der Waals surface area contributed by atoms with Crippen molar-refractivity contribution in [2.75, 3.05) is 11.4 Å². The summed E-state index contributed by atoms with van der Waals surface area (Å²) in [6.45, 7) is 0.660. The third-order valence-electron chi connectivity index (χ3n) is 4.01. The average Bonchev–Trinajstić information content (AvgIpc) is 2.88. The number of aromatic nitrogens is 2. The van der Waals surface area contributed by atoms with E-state index in [0.29, 0.717) is 18.4 Å². The number of carboxylic acids is 1. The summed E-state index contributed by atoms with van der Waals surface area (Å²) in [4.78, 5) is 20.9. The van der Waals surface area contributed by atoms with Crippen molar-refractivity contribution in [3.8, 4) is 0 Å². The highest BCUT2D eigenvalue weighted by Gasteiger charge is 2.48. The van der Waals surface area contributed by atoms with Crippen LogP contribution in [0.3, 0.4) is 0 Å². The highest BCUT2D eigenvalue weighted by molar-refractivity contribution is 5.78.